The third-order valence-corrected chi connectivity index (χ3v) is 2.72. The molecule has 0 saturated carbocycles. The van der Waals surface area contributed by atoms with Crippen LogP contribution in [-0.4, -0.2) is 35.9 Å². The number of rotatable bonds is 3. The Kier molecular flexibility index (Phi) is 3.72. The fourth-order valence-corrected chi connectivity index (χ4v) is 1.95. The molecule has 2 amide bonds. The molecule has 1 aromatic carbocycles. The first-order chi connectivity index (χ1) is 8.61. The molecule has 2 rings (SSSR count). The molecule has 0 bridgehead atoms. The summed E-state index contributed by atoms with van der Waals surface area (Å²) >= 11 is 5.62. The quantitative estimate of drug-likeness (QED) is 0.849. The molecule has 1 heterocycles. The van der Waals surface area contributed by atoms with Gasteiger partial charge in [-0.3, -0.25) is 9.59 Å². The standard InChI is InChI=1S/C12H13ClN2O3/c1-8(16)14-9-2-3-11-10(6-9)12(17)15(5-4-13)7-18-11/h2-3,6H,4-5,7H2,1H3,(H,14,16). The van der Waals surface area contributed by atoms with Crippen LogP contribution in [0.25, 0.3) is 0 Å². The van der Waals surface area contributed by atoms with E-state index in [2.05, 4.69) is 5.32 Å². The number of carbonyl (C=O) groups is 2. The molecule has 1 aromatic rings. The molecule has 0 atom stereocenters. The smallest absolute Gasteiger partial charge is 0.260 e. The van der Waals surface area contributed by atoms with E-state index in [4.69, 9.17) is 16.3 Å². The van der Waals surface area contributed by atoms with Crippen molar-refractivity contribution in [2.75, 3.05) is 24.5 Å². The summed E-state index contributed by atoms with van der Waals surface area (Å²) in [7, 11) is 0. The van der Waals surface area contributed by atoms with Gasteiger partial charge in [-0.15, -0.1) is 11.6 Å². The molecule has 0 saturated heterocycles. The van der Waals surface area contributed by atoms with Crippen molar-refractivity contribution in [3.8, 4) is 5.75 Å². The lowest BCUT2D eigenvalue weighted by atomic mass is 10.1. The maximum absolute atomic E-state index is 12.1. The number of hydrogen-bond acceptors (Lipinski definition) is 3. The van der Waals surface area contributed by atoms with E-state index < -0.39 is 0 Å². The van der Waals surface area contributed by atoms with Gasteiger partial charge in [-0.1, -0.05) is 0 Å². The Bertz CT molecular complexity index is 490. The van der Waals surface area contributed by atoms with E-state index in [1.807, 2.05) is 0 Å². The Morgan fingerprint density at radius 2 is 2.33 bits per heavy atom. The maximum atomic E-state index is 12.1. The summed E-state index contributed by atoms with van der Waals surface area (Å²) in [5, 5.41) is 2.63. The van der Waals surface area contributed by atoms with Crippen LogP contribution < -0.4 is 10.1 Å². The van der Waals surface area contributed by atoms with Crippen LogP contribution >= 0.6 is 11.6 Å². The van der Waals surface area contributed by atoms with Crippen LogP contribution in [0.1, 0.15) is 17.3 Å². The average molecular weight is 269 g/mol. The van der Waals surface area contributed by atoms with Crippen molar-refractivity contribution in [3.05, 3.63) is 23.8 Å². The van der Waals surface area contributed by atoms with Gasteiger partial charge in [0.1, 0.15) is 5.75 Å². The van der Waals surface area contributed by atoms with Crippen molar-refractivity contribution in [3.63, 3.8) is 0 Å². The summed E-state index contributed by atoms with van der Waals surface area (Å²) in [6.07, 6.45) is 0. The van der Waals surface area contributed by atoms with Crippen molar-refractivity contribution < 1.29 is 14.3 Å². The van der Waals surface area contributed by atoms with E-state index in [9.17, 15) is 9.59 Å². The van der Waals surface area contributed by atoms with Gasteiger partial charge in [-0.25, -0.2) is 0 Å². The molecule has 0 aromatic heterocycles. The van der Waals surface area contributed by atoms with Crippen LogP contribution in [0.15, 0.2) is 18.2 Å². The summed E-state index contributed by atoms with van der Waals surface area (Å²) in [5.41, 5.74) is 1.02. The first-order valence-electron chi connectivity index (χ1n) is 5.51. The van der Waals surface area contributed by atoms with Gasteiger partial charge >= 0.3 is 0 Å². The summed E-state index contributed by atoms with van der Waals surface area (Å²) in [5.74, 6) is 0.566. The van der Waals surface area contributed by atoms with Crippen LogP contribution in [0.3, 0.4) is 0 Å². The molecule has 0 aliphatic carbocycles. The zero-order valence-electron chi connectivity index (χ0n) is 9.90. The van der Waals surface area contributed by atoms with E-state index >= 15 is 0 Å². The second-order valence-electron chi connectivity index (χ2n) is 3.92. The van der Waals surface area contributed by atoms with Gasteiger partial charge in [-0.2, -0.15) is 0 Å². The Morgan fingerprint density at radius 3 is 3.00 bits per heavy atom. The number of ether oxygens (including phenoxy) is 1. The number of hydrogen-bond donors (Lipinski definition) is 1. The van der Waals surface area contributed by atoms with E-state index in [0.29, 0.717) is 29.4 Å². The van der Waals surface area contributed by atoms with Crippen LogP contribution in [0.5, 0.6) is 5.75 Å². The number of amides is 2. The minimum absolute atomic E-state index is 0.135. The molecule has 18 heavy (non-hydrogen) atoms. The molecule has 6 heteroatoms. The van der Waals surface area contributed by atoms with Crippen molar-refractivity contribution in [1.82, 2.24) is 4.90 Å². The van der Waals surface area contributed by atoms with Gasteiger partial charge in [0.15, 0.2) is 6.73 Å². The van der Waals surface area contributed by atoms with Crippen molar-refractivity contribution in [2.24, 2.45) is 0 Å². The highest BCUT2D eigenvalue weighted by Gasteiger charge is 2.25. The van der Waals surface area contributed by atoms with E-state index in [1.54, 1.807) is 18.2 Å². The lowest BCUT2D eigenvalue weighted by molar-refractivity contribution is -0.114. The number of alkyl halides is 1. The van der Waals surface area contributed by atoms with Gasteiger partial charge in [0, 0.05) is 25.0 Å². The van der Waals surface area contributed by atoms with Gasteiger partial charge in [0.2, 0.25) is 5.91 Å². The van der Waals surface area contributed by atoms with E-state index in [0.717, 1.165) is 0 Å². The van der Waals surface area contributed by atoms with Gasteiger partial charge in [0.05, 0.1) is 5.56 Å². The maximum Gasteiger partial charge on any atom is 0.260 e. The molecular formula is C12H13ClN2O3. The highest BCUT2D eigenvalue weighted by Crippen LogP contribution is 2.27. The minimum atomic E-state index is -0.184. The first-order valence-corrected chi connectivity index (χ1v) is 6.05. The summed E-state index contributed by atoms with van der Waals surface area (Å²) in [6, 6.07) is 4.99. The average Bonchev–Trinajstić information content (AvgIpc) is 2.33. The zero-order chi connectivity index (χ0) is 13.1. The lowest BCUT2D eigenvalue weighted by Crippen LogP contribution is -2.39. The number of fused-ring (bicyclic) bond motifs is 1. The number of anilines is 1. The topological polar surface area (TPSA) is 58.6 Å². The van der Waals surface area contributed by atoms with Crippen LogP contribution in [0, 0.1) is 0 Å². The number of carbonyl (C=O) groups excluding carboxylic acids is 2. The fourth-order valence-electron chi connectivity index (χ4n) is 1.75. The predicted molar refractivity (Wildman–Crippen MR) is 68.0 cm³/mol. The minimum Gasteiger partial charge on any atom is -0.472 e. The number of halogens is 1. The van der Waals surface area contributed by atoms with Crippen molar-refractivity contribution >= 4 is 29.1 Å². The Labute approximate surface area is 110 Å². The molecule has 1 aliphatic heterocycles. The monoisotopic (exact) mass is 268 g/mol. The summed E-state index contributed by atoms with van der Waals surface area (Å²) < 4.78 is 5.45. The largest absolute Gasteiger partial charge is 0.472 e. The third-order valence-electron chi connectivity index (χ3n) is 2.55. The summed E-state index contributed by atoms with van der Waals surface area (Å²) in [6.45, 7) is 2.06. The second kappa shape index (κ2) is 5.27. The molecule has 5 nitrogen and oxygen atoms in total. The van der Waals surface area contributed by atoms with Crippen LogP contribution in [0.2, 0.25) is 0 Å². The molecule has 96 valence electrons. The first kappa shape index (κ1) is 12.7. The molecule has 0 spiro atoms. The Hall–Kier alpha value is -1.75. The Morgan fingerprint density at radius 1 is 1.56 bits per heavy atom. The lowest BCUT2D eigenvalue weighted by Gasteiger charge is -2.28. The van der Waals surface area contributed by atoms with E-state index in [-0.39, 0.29) is 18.5 Å². The second-order valence-corrected chi connectivity index (χ2v) is 4.30. The molecule has 0 fully saturated rings. The fraction of sp³-hybridized carbons (Fsp3) is 0.333. The van der Waals surface area contributed by atoms with Crippen molar-refractivity contribution in [2.45, 2.75) is 6.92 Å². The third kappa shape index (κ3) is 2.56. The van der Waals surface area contributed by atoms with Gasteiger partial charge in [-0.05, 0) is 18.2 Å². The Balaban J connectivity index is 2.27. The zero-order valence-corrected chi connectivity index (χ0v) is 10.7. The number of nitrogens with one attached hydrogen (secondary N) is 1. The molecule has 0 unspecified atom stereocenters. The highest BCUT2D eigenvalue weighted by atomic mass is 35.5. The molecular weight excluding hydrogens is 256 g/mol. The normalized spacial score (nSPS) is 13.9. The molecule has 0 radical (unpaired) electrons. The number of benzene rings is 1. The van der Waals surface area contributed by atoms with E-state index in [1.165, 1.54) is 11.8 Å². The van der Waals surface area contributed by atoms with Gasteiger partial charge < -0.3 is 15.0 Å². The number of nitrogens with zero attached hydrogens (tertiary/aromatic N) is 1. The molecule has 1 N–H and O–H groups in total. The van der Waals surface area contributed by atoms with Crippen molar-refractivity contribution in [1.29, 1.82) is 0 Å². The molecule has 1 aliphatic rings. The summed E-state index contributed by atoms with van der Waals surface area (Å²) in [4.78, 5) is 24.6. The SMILES string of the molecule is CC(=O)Nc1ccc2c(c1)C(=O)N(CCCl)CO2. The van der Waals surface area contributed by atoms with Crippen LogP contribution in [0.4, 0.5) is 5.69 Å². The van der Waals surface area contributed by atoms with Crippen LogP contribution in [-0.2, 0) is 4.79 Å². The van der Waals surface area contributed by atoms with Gasteiger partial charge in [0.25, 0.3) is 5.91 Å². The highest BCUT2D eigenvalue weighted by molar-refractivity contribution is 6.18. The predicted octanol–water partition coefficient (Wildman–Crippen LogP) is 1.68.